The van der Waals surface area contributed by atoms with Crippen molar-refractivity contribution >= 4 is 17.5 Å². The molecule has 2 aromatic rings. The Bertz CT molecular complexity index is 775. The van der Waals surface area contributed by atoms with E-state index in [1.165, 1.54) is 0 Å². The van der Waals surface area contributed by atoms with Crippen LogP contribution in [0.3, 0.4) is 0 Å². The van der Waals surface area contributed by atoms with E-state index in [2.05, 4.69) is 5.32 Å². The van der Waals surface area contributed by atoms with Crippen LogP contribution in [-0.2, 0) is 14.3 Å². The molecule has 0 spiro atoms. The molecule has 3 rings (SSSR count). The first-order valence-corrected chi connectivity index (χ1v) is 9.25. The highest BCUT2D eigenvalue weighted by Crippen LogP contribution is 2.18. The van der Waals surface area contributed by atoms with Crippen molar-refractivity contribution in [2.45, 2.75) is 0 Å². The SMILES string of the molecule is O=C(COCCOc1ccccc1)Nc1ccccc1C(=O)N1CCOCC1. The molecule has 0 saturated carbocycles. The second kappa shape index (κ2) is 10.4. The fourth-order valence-electron chi connectivity index (χ4n) is 2.80. The zero-order valence-electron chi connectivity index (χ0n) is 15.6. The minimum atomic E-state index is -0.318. The molecular formula is C21H24N2O5. The molecular weight excluding hydrogens is 360 g/mol. The Labute approximate surface area is 164 Å². The number of para-hydroxylation sites is 2. The summed E-state index contributed by atoms with van der Waals surface area (Å²) < 4.78 is 16.1. The van der Waals surface area contributed by atoms with Gasteiger partial charge in [0.15, 0.2) is 0 Å². The molecule has 2 aromatic carbocycles. The minimum Gasteiger partial charge on any atom is -0.491 e. The van der Waals surface area contributed by atoms with Gasteiger partial charge in [0, 0.05) is 13.1 Å². The molecule has 0 aliphatic carbocycles. The maximum absolute atomic E-state index is 12.7. The molecule has 0 atom stereocenters. The van der Waals surface area contributed by atoms with Gasteiger partial charge in [0.25, 0.3) is 5.91 Å². The number of nitrogens with zero attached hydrogens (tertiary/aromatic N) is 1. The number of carbonyl (C=O) groups excluding carboxylic acids is 2. The summed E-state index contributed by atoms with van der Waals surface area (Å²) in [6, 6.07) is 16.4. The molecule has 0 unspecified atom stereocenters. The molecule has 28 heavy (non-hydrogen) atoms. The highest BCUT2D eigenvalue weighted by molar-refractivity contribution is 6.04. The number of amides is 2. The van der Waals surface area contributed by atoms with E-state index in [1.807, 2.05) is 30.3 Å². The Morgan fingerprint density at radius 3 is 2.46 bits per heavy atom. The van der Waals surface area contributed by atoms with Crippen molar-refractivity contribution in [3.8, 4) is 5.75 Å². The monoisotopic (exact) mass is 384 g/mol. The van der Waals surface area contributed by atoms with Crippen molar-refractivity contribution in [3.05, 3.63) is 60.2 Å². The normalized spacial score (nSPS) is 13.8. The number of carbonyl (C=O) groups is 2. The third-order valence-corrected chi connectivity index (χ3v) is 4.20. The number of anilines is 1. The van der Waals surface area contributed by atoms with Gasteiger partial charge >= 0.3 is 0 Å². The smallest absolute Gasteiger partial charge is 0.256 e. The van der Waals surface area contributed by atoms with Crippen molar-refractivity contribution in [3.63, 3.8) is 0 Å². The topological polar surface area (TPSA) is 77.1 Å². The van der Waals surface area contributed by atoms with Gasteiger partial charge in [0.2, 0.25) is 5.91 Å². The predicted octanol–water partition coefficient (Wildman–Crippen LogP) is 2.19. The van der Waals surface area contributed by atoms with Crippen molar-refractivity contribution in [1.82, 2.24) is 4.90 Å². The van der Waals surface area contributed by atoms with Crippen LogP contribution < -0.4 is 10.1 Å². The third kappa shape index (κ3) is 5.80. The van der Waals surface area contributed by atoms with Crippen LogP contribution in [0.4, 0.5) is 5.69 Å². The van der Waals surface area contributed by atoms with E-state index in [0.29, 0.717) is 44.2 Å². The fourth-order valence-corrected chi connectivity index (χ4v) is 2.80. The van der Waals surface area contributed by atoms with E-state index >= 15 is 0 Å². The van der Waals surface area contributed by atoms with Gasteiger partial charge in [0.1, 0.15) is 19.0 Å². The van der Waals surface area contributed by atoms with Crippen LogP contribution in [0.5, 0.6) is 5.75 Å². The highest BCUT2D eigenvalue weighted by atomic mass is 16.5. The van der Waals surface area contributed by atoms with Gasteiger partial charge in [-0.15, -0.1) is 0 Å². The van der Waals surface area contributed by atoms with Gasteiger partial charge in [-0.1, -0.05) is 30.3 Å². The van der Waals surface area contributed by atoms with E-state index < -0.39 is 0 Å². The van der Waals surface area contributed by atoms with E-state index in [9.17, 15) is 9.59 Å². The lowest BCUT2D eigenvalue weighted by Crippen LogP contribution is -2.41. The molecule has 7 nitrogen and oxygen atoms in total. The molecule has 1 aliphatic heterocycles. The van der Waals surface area contributed by atoms with Gasteiger partial charge in [-0.2, -0.15) is 0 Å². The molecule has 1 saturated heterocycles. The van der Waals surface area contributed by atoms with E-state index in [0.717, 1.165) is 5.75 Å². The second-order valence-electron chi connectivity index (χ2n) is 6.21. The fraction of sp³-hybridized carbons (Fsp3) is 0.333. The Hall–Kier alpha value is -2.90. The molecule has 1 aliphatic rings. The Kier molecular flexibility index (Phi) is 7.40. The average molecular weight is 384 g/mol. The number of hydrogen-bond acceptors (Lipinski definition) is 5. The van der Waals surface area contributed by atoms with Crippen molar-refractivity contribution in [2.24, 2.45) is 0 Å². The molecule has 7 heteroatoms. The number of morpholine rings is 1. The molecule has 1 heterocycles. The van der Waals surface area contributed by atoms with Crippen LogP contribution in [0.2, 0.25) is 0 Å². The lowest BCUT2D eigenvalue weighted by molar-refractivity contribution is -0.120. The van der Waals surface area contributed by atoms with Crippen LogP contribution in [0.15, 0.2) is 54.6 Å². The first-order chi connectivity index (χ1) is 13.7. The standard InChI is InChI=1S/C21H24N2O5/c24-20(16-27-14-15-28-17-6-2-1-3-7-17)22-19-9-5-4-8-18(19)21(25)23-10-12-26-13-11-23/h1-9H,10-16H2,(H,22,24). The Morgan fingerprint density at radius 2 is 1.68 bits per heavy atom. The van der Waals surface area contributed by atoms with Crippen LogP contribution in [0.25, 0.3) is 0 Å². The molecule has 0 bridgehead atoms. The zero-order chi connectivity index (χ0) is 19.6. The van der Waals surface area contributed by atoms with E-state index in [4.69, 9.17) is 14.2 Å². The first-order valence-electron chi connectivity index (χ1n) is 9.25. The highest BCUT2D eigenvalue weighted by Gasteiger charge is 2.21. The molecule has 1 fully saturated rings. The third-order valence-electron chi connectivity index (χ3n) is 4.20. The molecule has 1 N–H and O–H groups in total. The largest absolute Gasteiger partial charge is 0.491 e. The summed E-state index contributed by atoms with van der Waals surface area (Å²) in [5.74, 6) is 0.324. The Balaban J connectivity index is 1.45. The predicted molar refractivity (Wildman–Crippen MR) is 105 cm³/mol. The number of hydrogen-bond donors (Lipinski definition) is 1. The zero-order valence-corrected chi connectivity index (χ0v) is 15.6. The van der Waals surface area contributed by atoms with E-state index in [-0.39, 0.29) is 25.0 Å². The minimum absolute atomic E-state index is 0.113. The second-order valence-corrected chi connectivity index (χ2v) is 6.21. The van der Waals surface area contributed by atoms with Crippen LogP contribution >= 0.6 is 0 Å². The lowest BCUT2D eigenvalue weighted by Gasteiger charge is -2.27. The van der Waals surface area contributed by atoms with E-state index in [1.54, 1.807) is 29.2 Å². The summed E-state index contributed by atoms with van der Waals surface area (Å²) in [5, 5.41) is 2.76. The molecule has 2 amide bonds. The summed E-state index contributed by atoms with van der Waals surface area (Å²) in [4.78, 5) is 26.6. The first kappa shape index (κ1) is 19.9. The maximum Gasteiger partial charge on any atom is 0.256 e. The number of nitrogens with one attached hydrogen (secondary N) is 1. The maximum atomic E-state index is 12.7. The van der Waals surface area contributed by atoms with Crippen molar-refractivity contribution in [1.29, 1.82) is 0 Å². The van der Waals surface area contributed by atoms with Crippen LogP contribution in [-0.4, -0.2) is 62.8 Å². The summed E-state index contributed by atoms with van der Waals surface area (Å²) in [7, 11) is 0. The van der Waals surface area contributed by atoms with Crippen LogP contribution in [0, 0.1) is 0 Å². The van der Waals surface area contributed by atoms with Gasteiger partial charge in [-0.05, 0) is 24.3 Å². The van der Waals surface area contributed by atoms with Crippen molar-refractivity contribution < 1.29 is 23.8 Å². The molecule has 148 valence electrons. The number of benzene rings is 2. The lowest BCUT2D eigenvalue weighted by atomic mass is 10.1. The molecule has 0 radical (unpaired) electrons. The van der Waals surface area contributed by atoms with Gasteiger partial charge in [0.05, 0.1) is 31.1 Å². The quantitative estimate of drug-likeness (QED) is 0.706. The summed E-state index contributed by atoms with van der Waals surface area (Å²) >= 11 is 0. The van der Waals surface area contributed by atoms with Gasteiger partial charge < -0.3 is 24.4 Å². The summed E-state index contributed by atoms with van der Waals surface area (Å²) in [6.07, 6.45) is 0. The summed E-state index contributed by atoms with van der Waals surface area (Å²) in [6.45, 7) is 2.67. The molecule has 0 aromatic heterocycles. The van der Waals surface area contributed by atoms with Crippen molar-refractivity contribution in [2.75, 3.05) is 51.4 Å². The van der Waals surface area contributed by atoms with Gasteiger partial charge in [-0.25, -0.2) is 0 Å². The average Bonchev–Trinajstić information content (AvgIpc) is 2.75. The number of rotatable bonds is 8. The van der Waals surface area contributed by atoms with Gasteiger partial charge in [-0.3, -0.25) is 9.59 Å². The number of ether oxygens (including phenoxy) is 3. The summed E-state index contributed by atoms with van der Waals surface area (Å²) in [5.41, 5.74) is 0.943. The Morgan fingerprint density at radius 1 is 0.964 bits per heavy atom. The van der Waals surface area contributed by atoms with Crippen LogP contribution in [0.1, 0.15) is 10.4 Å².